The number of tetrazole rings is 1. The quantitative estimate of drug-likeness (QED) is 0.0909. The summed E-state index contributed by atoms with van der Waals surface area (Å²) in [6.45, 7) is -0.374. The van der Waals surface area contributed by atoms with E-state index in [1.54, 1.807) is 0 Å². The van der Waals surface area contributed by atoms with Gasteiger partial charge in [0.05, 0.1) is 0 Å². The average Bonchev–Trinajstić information content (AvgIpc) is 3.60. The third kappa shape index (κ3) is 6.21. The smallest absolute Gasteiger partial charge is 0.352 e. The van der Waals surface area contributed by atoms with Gasteiger partial charge in [-0.25, -0.2) is 14.5 Å². The van der Waals surface area contributed by atoms with Gasteiger partial charge >= 0.3 is 11.9 Å². The number of oxime groups is 1. The molecular weight excluding hydrogens is 611 g/mol. The number of fused-ring (bicyclic) bond motifs is 1. The van der Waals surface area contributed by atoms with Crippen LogP contribution in [0.2, 0.25) is 0 Å². The van der Waals surface area contributed by atoms with Crippen LogP contribution >= 0.6 is 34.9 Å². The minimum Gasteiger partial charge on any atom is -0.480 e. The molecular formula is C23H21N9O7S3. The summed E-state index contributed by atoms with van der Waals surface area (Å²) in [6, 6.07) is 8.15. The van der Waals surface area contributed by atoms with Crippen molar-refractivity contribution >= 4 is 69.5 Å². The van der Waals surface area contributed by atoms with Crippen molar-refractivity contribution in [1.82, 2.24) is 35.4 Å². The molecule has 5 N–H and O–H groups in total. The minimum atomic E-state index is -1.31. The van der Waals surface area contributed by atoms with E-state index in [9.17, 15) is 24.3 Å². The first-order chi connectivity index (χ1) is 20.2. The van der Waals surface area contributed by atoms with Crippen molar-refractivity contribution in [3.05, 3.63) is 58.2 Å². The molecule has 1 unspecified atom stereocenters. The first-order valence-corrected chi connectivity index (χ1v) is 14.9. The molecule has 2 aliphatic rings. The number of thioether (sulfide) groups is 2. The molecule has 1 fully saturated rings. The number of carboxylic acid groups (broad SMARTS) is 2. The second kappa shape index (κ2) is 12.6. The molecule has 3 aromatic rings. The highest BCUT2D eigenvalue weighted by molar-refractivity contribution is 8.01. The van der Waals surface area contributed by atoms with Gasteiger partial charge in [0.2, 0.25) is 5.16 Å². The lowest BCUT2D eigenvalue weighted by Crippen LogP contribution is -2.71. The summed E-state index contributed by atoms with van der Waals surface area (Å²) in [6.07, 6.45) is 0. The number of aliphatic carboxylic acids is 2. The molecule has 0 saturated carbocycles. The highest BCUT2D eigenvalue weighted by Gasteiger charge is 2.54. The second-order valence-corrected chi connectivity index (χ2v) is 11.6. The number of carboxylic acids is 2. The molecule has 4 heterocycles. The van der Waals surface area contributed by atoms with E-state index in [1.165, 1.54) is 17.1 Å². The maximum absolute atomic E-state index is 13.3. The number of benzene rings is 1. The third-order valence-electron chi connectivity index (χ3n) is 5.91. The molecule has 218 valence electrons. The molecule has 2 aromatic heterocycles. The third-order valence-corrected chi connectivity index (χ3v) is 8.96. The minimum absolute atomic E-state index is 0.0854. The monoisotopic (exact) mass is 631 g/mol. The van der Waals surface area contributed by atoms with Crippen LogP contribution in [0.4, 0.5) is 5.13 Å². The Morgan fingerprint density at radius 1 is 1.24 bits per heavy atom. The van der Waals surface area contributed by atoms with Gasteiger partial charge in [-0.05, 0) is 21.6 Å². The van der Waals surface area contributed by atoms with Crippen LogP contribution in [0, 0.1) is 0 Å². The average molecular weight is 632 g/mol. The largest absolute Gasteiger partial charge is 0.480 e. The summed E-state index contributed by atoms with van der Waals surface area (Å²) in [5, 5.41) is 37.7. The molecule has 5 rings (SSSR count). The highest BCUT2D eigenvalue weighted by Crippen LogP contribution is 2.41. The summed E-state index contributed by atoms with van der Waals surface area (Å²) in [5.74, 6) is -3.46. The number of nitrogens with zero attached hydrogens (tertiary/aromatic N) is 7. The fraction of sp³-hybridized carbons (Fsp3) is 0.261. The predicted octanol–water partition coefficient (Wildman–Crippen LogP) is 0.248. The molecule has 0 spiro atoms. The van der Waals surface area contributed by atoms with Crippen LogP contribution in [0.3, 0.4) is 0 Å². The molecule has 0 bridgehead atoms. The summed E-state index contributed by atoms with van der Waals surface area (Å²) in [4.78, 5) is 60.3. The van der Waals surface area contributed by atoms with Gasteiger partial charge in [-0.2, -0.15) is 0 Å². The molecule has 0 aliphatic carbocycles. The number of nitrogen functional groups attached to an aromatic ring is 1. The van der Waals surface area contributed by atoms with Crippen LogP contribution in [-0.2, 0) is 37.2 Å². The number of carbonyl (C=O) groups is 4. The van der Waals surface area contributed by atoms with Crippen molar-refractivity contribution < 1.29 is 34.2 Å². The maximum atomic E-state index is 13.3. The Morgan fingerprint density at radius 2 is 2.02 bits per heavy atom. The summed E-state index contributed by atoms with van der Waals surface area (Å²) < 4.78 is 1.08. The topological polar surface area (TPSA) is 228 Å². The number of aromatic nitrogens is 5. The van der Waals surface area contributed by atoms with E-state index in [0.29, 0.717) is 5.57 Å². The number of β-lactam (4-membered cyclic amide) rings is 1. The zero-order valence-corrected chi connectivity index (χ0v) is 23.8. The van der Waals surface area contributed by atoms with E-state index in [0.717, 1.165) is 38.2 Å². The highest BCUT2D eigenvalue weighted by atomic mass is 32.2. The van der Waals surface area contributed by atoms with Gasteiger partial charge in [-0.1, -0.05) is 47.2 Å². The fourth-order valence-electron chi connectivity index (χ4n) is 4.03. The zero-order valence-electron chi connectivity index (χ0n) is 21.3. The SMILES string of the molecule is Nc1nc(C(=NOCc2ccccc2)C(=O)NC2C(=O)N3C(C(=O)O)=C(CSc4nnnn4CC(=O)O)CS[C@H]23)cs1. The van der Waals surface area contributed by atoms with Crippen LogP contribution in [0.15, 0.2) is 57.3 Å². The van der Waals surface area contributed by atoms with Crippen LogP contribution in [0.5, 0.6) is 0 Å². The van der Waals surface area contributed by atoms with E-state index in [-0.39, 0.29) is 45.5 Å². The lowest BCUT2D eigenvalue weighted by atomic mass is 10.0. The Hall–Kier alpha value is -4.49. The van der Waals surface area contributed by atoms with Gasteiger partial charge < -0.3 is 26.1 Å². The van der Waals surface area contributed by atoms with Gasteiger partial charge in [0.1, 0.15) is 36.0 Å². The molecule has 16 nitrogen and oxygen atoms in total. The number of anilines is 1. The summed E-state index contributed by atoms with van der Waals surface area (Å²) in [7, 11) is 0. The van der Waals surface area contributed by atoms with E-state index in [1.807, 2.05) is 30.3 Å². The Kier molecular flexibility index (Phi) is 8.69. The van der Waals surface area contributed by atoms with Gasteiger partial charge in [-0.15, -0.1) is 28.2 Å². The molecule has 2 atom stereocenters. The van der Waals surface area contributed by atoms with Gasteiger partial charge in [0.15, 0.2) is 10.8 Å². The molecule has 0 radical (unpaired) electrons. The number of carbonyl (C=O) groups excluding carboxylic acids is 2. The molecule has 2 amide bonds. The van der Waals surface area contributed by atoms with Gasteiger partial charge in [0, 0.05) is 16.9 Å². The second-order valence-electron chi connectivity index (χ2n) is 8.69. The Balaban J connectivity index is 1.29. The number of hydrogen-bond donors (Lipinski definition) is 4. The lowest BCUT2D eigenvalue weighted by molar-refractivity contribution is -0.150. The molecule has 1 saturated heterocycles. The number of thiazole rings is 1. The number of nitrogens with one attached hydrogen (secondary N) is 1. The Morgan fingerprint density at radius 3 is 2.71 bits per heavy atom. The Bertz CT molecular complexity index is 1590. The fourth-order valence-corrected chi connectivity index (χ4v) is 6.94. The summed E-state index contributed by atoms with van der Waals surface area (Å²) in [5.41, 5.74) is 6.76. The van der Waals surface area contributed by atoms with Crippen molar-refractivity contribution in [1.29, 1.82) is 0 Å². The molecule has 42 heavy (non-hydrogen) atoms. The molecule has 2 aliphatic heterocycles. The van der Waals surface area contributed by atoms with Crippen molar-refractivity contribution in [2.24, 2.45) is 5.16 Å². The van der Waals surface area contributed by atoms with E-state index >= 15 is 0 Å². The molecule has 19 heteroatoms. The first-order valence-electron chi connectivity index (χ1n) is 12.0. The lowest BCUT2D eigenvalue weighted by Gasteiger charge is -2.49. The maximum Gasteiger partial charge on any atom is 0.352 e. The van der Waals surface area contributed by atoms with Crippen LogP contribution in [-0.4, -0.2) is 92.7 Å². The number of rotatable bonds is 12. The number of hydrogen-bond acceptors (Lipinski definition) is 14. The van der Waals surface area contributed by atoms with Crippen molar-refractivity contribution in [3.8, 4) is 0 Å². The standard InChI is InChI=1S/C23H21N9O7S3/c24-22-25-13(10-41-22)15(28-39-7-11-4-2-1-3-5-11)18(35)26-16-19(36)32-17(21(37)38)12(8-40-20(16)32)9-42-23-27-29-30-31(23)6-14(33)34/h1-5,10,16,20H,6-9H2,(H2,24,25)(H,26,35)(H,33,34)(H,37,38)/t16?,20-/m1/s1. The van der Waals surface area contributed by atoms with Gasteiger partial charge in [-0.3, -0.25) is 19.3 Å². The summed E-state index contributed by atoms with van der Waals surface area (Å²) >= 11 is 3.42. The van der Waals surface area contributed by atoms with Crippen molar-refractivity contribution in [2.45, 2.75) is 29.7 Å². The molecule has 1 aromatic carbocycles. The van der Waals surface area contributed by atoms with Gasteiger partial charge in [0.25, 0.3) is 11.8 Å². The van der Waals surface area contributed by atoms with Crippen LogP contribution < -0.4 is 11.1 Å². The van der Waals surface area contributed by atoms with E-state index < -0.39 is 41.7 Å². The normalized spacial score (nSPS) is 18.3. The number of amides is 2. The van der Waals surface area contributed by atoms with Crippen molar-refractivity contribution in [2.75, 3.05) is 17.2 Å². The number of nitrogens with two attached hydrogens (primary N) is 1. The van der Waals surface area contributed by atoms with Crippen LogP contribution in [0.1, 0.15) is 11.3 Å². The van der Waals surface area contributed by atoms with E-state index in [4.69, 9.17) is 15.7 Å². The van der Waals surface area contributed by atoms with E-state index in [2.05, 4.69) is 31.0 Å². The first kappa shape index (κ1) is 29.0. The van der Waals surface area contributed by atoms with Crippen molar-refractivity contribution in [3.63, 3.8) is 0 Å². The Labute approximate surface area is 249 Å². The van der Waals surface area contributed by atoms with Crippen LogP contribution in [0.25, 0.3) is 0 Å². The predicted molar refractivity (Wildman–Crippen MR) is 150 cm³/mol. The zero-order chi connectivity index (χ0) is 29.8.